The SMILES string of the molecule is O=C(NCC(c1ccco1)N1CCc2ccccc21)C(=O)Nc1ccc(Cl)cc1. The van der Waals surface area contributed by atoms with Crippen LogP contribution in [0.2, 0.25) is 5.02 Å². The van der Waals surface area contributed by atoms with E-state index in [4.69, 9.17) is 16.0 Å². The van der Waals surface area contributed by atoms with Gasteiger partial charge in [0.2, 0.25) is 0 Å². The standard InChI is InChI=1S/C22H20ClN3O3/c23-16-7-9-17(10-8-16)25-22(28)21(27)24-14-19(20-6-3-13-29-20)26-12-11-15-4-1-2-5-18(15)26/h1-10,13,19H,11-12,14H2,(H,24,27)(H,25,28). The summed E-state index contributed by atoms with van der Waals surface area (Å²) in [6.07, 6.45) is 2.54. The molecule has 2 heterocycles. The first-order chi connectivity index (χ1) is 14.1. The van der Waals surface area contributed by atoms with Crippen LogP contribution in [0.1, 0.15) is 17.4 Å². The third kappa shape index (κ3) is 4.27. The Hall–Kier alpha value is -3.25. The number of fused-ring (bicyclic) bond motifs is 1. The van der Waals surface area contributed by atoms with Gasteiger partial charge in [0.1, 0.15) is 11.8 Å². The summed E-state index contributed by atoms with van der Waals surface area (Å²) in [5.74, 6) is -0.698. The van der Waals surface area contributed by atoms with Crippen molar-refractivity contribution in [1.29, 1.82) is 0 Å². The van der Waals surface area contributed by atoms with Crippen LogP contribution in [0.25, 0.3) is 0 Å². The fraction of sp³-hybridized carbons (Fsp3) is 0.182. The molecule has 1 atom stereocenters. The van der Waals surface area contributed by atoms with Gasteiger partial charge in [-0.2, -0.15) is 0 Å². The van der Waals surface area contributed by atoms with E-state index < -0.39 is 11.8 Å². The second-order valence-electron chi connectivity index (χ2n) is 6.77. The van der Waals surface area contributed by atoms with Crippen LogP contribution < -0.4 is 15.5 Å². The van der Waals surface area contributed by atoms with Gasteiger partial charge in [0, 0.05) is 29.5 Å². The molecule has 0 aliphatic carbocycles. The minimum atomic E-state index is -0.729. The predicted molar refractivity (Wildman–Crippen MR) is 112 cm³/mol. The molecule has 3 aromatic rings. The first-order valence-corrected chi connectivity index (χ1v) is 9.72. The Kier molecular flexibility index (Phi) is 5.53. The number of hydrogen-bond acceptors (Lipinski definition) is 4. The number of furan rings is 1. The van der Waals surface area contributed by atoms with Crippen molar-refractivity contribution >= 4 is 34.8 Å². The molecule has 2 N–H and O–H groups in total. The number of halogens is 1. The van der Waals surface area contributed by atoms with Gasteiger partial charge in [-0.25, -0.2) is 0 Å². The summed E-state index contributed by atoms with van der Waals surface area (Å²) in [5, 5.41) is 5.85. The van der Waals surface area contributed by atoms with Gasteiger partial charge in [0.15, 0.2) is 0 Å². The molecule has 7 heteroatoms. The van der Waals surface area contributed by atoms with Crippen molar-refractivity contribution in [3.63, 3.8) is 0 Å². The zero-order valence-corrected chi connectivity index (χ0v) is 16.4. The van der Waals surface area contributed by atoms with Crippen LogP contribution in [0.15, 0.2) is 71.3 Å². The van der Waals surface area contributed by atoms with E-state index in [0.717, 1.165) is 24.4 Å². The highest BCUT2D eigenvalue weighted by Gasteiger charge is 2.29. The van der Waals surface area contributed by atoms with Gasteiger partial charge in [0.05, 0.1) is 6.26 Å². The molecular weight excluding hydrogens is 390 g/mol. The summed E-state index contributed by atoms with van der Waals surface area (Å²) >= 11 is 5.84. The molecule has 0 fully saturated rings. The maximum Gasteiger partial charge on any atom is 0.313 e. The van der Waals surface area contributed by atoms with E-state index in [1.807, 2.05) is 24.3 Å². The summed E-state index contributed by atoms with van der Waals surface area (Å²) in [5.41, 5.74) is 2.88. The quantitative estimate of drug-likeness (QED) is 0.629. The summed E-state index contributed by atoms with van der Waals surface area (Å²) in [6.45, 7) is 1.06. The fourth-order valence-electron chi connectivity index (χ4n) is 3.52. The smallest absolute Gasteiger partial charge is 0.313 e. The lowest BCUT2D eigenvalue weighted by atomic mass is 10.1. The lowest BCUT2D eigenvalue weighted by Crippen LogP contribution is -2.41. The molecule has 1 unspecified atom stereocenters. The molecule has 1 aromatic heterocycles. The third-order valence-corrected chi connectivity index (χ3v) is 5.19. The Labute approximate surface area is 173 Å². The Morgan fingerprint density at radius 1 is 1.03 bits per heavy atom. The van der Waals surface area contributed by atoms with Crippen LogP contribution in [0.3, 0.4) is 0 Å². The van der Waals surface area contributed by atoms with Crippen molar-refractivity contribution in [2.24, 2.45) is 0 Å². The number of para-hydroxylation sites is 1. The zero-order valence-electron chi connectivity index (χ0n) is 15.6. The average molecular weight is 410 g/mol. The molecule has 0 spiro atoms. The van der Waals surface area contributed by atoms with E-state index in [0.29, 0.717) is 10.7 Å². The highest BCUT2D eigenvalue weighted by molar-refractivity contribution is 6.39. The molecule has 0 saturated heterocycles. The number of rotatable bonds is 5. The number of amides is 2. The second-order valence-corrected chi connectivity index (χ2v) is 7.21. The molecule has 4 rings (SSSR count). The number of carbonyl (C=O) groups is 2. The Morgan fingerprint density at radius 2 is 1.83 bits per heavy atom. The topological polar surface area (TPSA) is 74.6 Å². The van der Waals surface area contributed by atoms with Crippen LogP contribution >= 0.6 is 11.6 Å². The highest BCUT2D eigenvalue weighted by atomic mass is 35.5. The number of hydrogen-bond donors (Lipinski definition) is 2. The third-order valence-electron chi connectivity index (χ3n) is 4.94. The summed E-state index contributed by atoms with van der Waals surface area (Å²) in [7, 11) is 0. The normalized spacial score (nSPS) is 13.6. The van der Waals surface area contributed by atoms with E-state index in [9.17, 15) is 9.59 Å². The molecule has 1 aliphatic heterocycles. The molecule has 2 amide bonds. The van der Waals surface area contributed by atoms with Crippen LogP contribution in [0.4, 0.5) is 11.4 Å². The summed E-state index contributed by atoms with van der Waals surface area (Å²) in [6, 6.07) is 18.2. The maximum absolute atomic E-state index is 12.4. The monoisotopic (exact) mass is 409 g/mol. The van der Waals surface area contributed by atoms with Crippen molar-refractivity contribution in [2.45, 2.75) is 12.5 Å². The second kappa shape index (κ2) is 8.41. The summed E-state index contributed by atoms with van der Waals surface area (Å²) < 4.78 is 5.62. The Morgan fingerprint density at radius 3 is 2.59 bits per heavy atom. The lowest BCUT2D eigenvalue weighted by Gasteiger charge is -2.29. The van der Waals surface area contributed by atoms with Crippen LogP contribution in [0, 0.1) is 0 Å². The average Bonchev–Trinajstić information content (AvgIpc) is 3.40. The summed E-state index contributed by atoms with van der Waals surface area (Å²) in [4.78, 5) is 26.8. The fourth-order valence-corrected chi connectivity index (χ4v) is 3.65. The van der Waals surface area contributed by atoms with Gasteiger partial charge in [0.25, 0.3) is 0 Å². The minimum Gasteiger partial charge on any atom is -0.467 e. The molecule has 148 valence electrons. The van der Waals surface area contributed by atoms with E-state index >= 15 is 0 Å². The first kappa shape index (κ1) is 19.1. The highest BCUT2D eigenvalue weighted by Crippen LogP contribution is 2.34. The molecule has 6 nitrogen and oxygen atoms in total. The van der Waals surface area contributed by atoms with Crippen LogP contribution in [0.5, 0.6) is 0 Å². The van der Waals surface area contributed by atoms with Gasteiger partial charge in [-0.3, -0.25) is 9.59 Å². The number of nitrogens with zero attached hydrogens (tertiary/aromatic N) is 1. The zero-order chi connectivity index (χ0) is 20.2. The molecule has 29 heavy (non-hydrogen) atoms. The van der Waals surface area contributed by atoms with Gasteiger partial charge >= 0.3 is 11.8 Å². The van der Waals surface area contributed by atoms with Gasteiger partial charge < -0.3 is 20.0 Å². The predicted octanol–water partition coefficient (Wildman–Crippen LogP) is 3.79. The van der Waals surface area contributed by atoms with Crippen molar-refractivity contribution in [2.75, 3.05) is 23.3 Å². The first-order valence-electron chi connectivity index (χ1n) is 9.34. The number of benzene rings is 2. The van der Waals surface area contributed by atoms with Crippen LogP contribution in [-0.2, 0) is 16.0 Å². The molecule has 0 saturated carbocycles. The minimum absolute atomic E-state index is 0.207. The van der Waals surface area contributed by atoms with Crippen molar-refractivity contribution in [1.82, 2.24) is 5.32 Å². The maximum atomic E-state index is 12.4. The Balaban J connectivity index is 1.44. The molecule has 0 radical (unpaired) electrons. The number of anilines is 2. The van der Waals surface area contributed by atoms with E-state index in [1.165, 1.54) is 5.56 Å². The van der Waals surface area contributed by atoms with Crippen molar-refractivity contribution in [3.8, 4) is 0 Å². The molecule has 2 aromatic carbocycles. The number of nitrogens with one attached hydrogen (secondary N) is 2. The molecular formula is C22H20ClN3O3. The van der Waals surface area contributed by atoms with Crippen molar-refractivity contribution in [3.05, 3.63) is 83.3 Å². The molecule has 0 bridgehead atoms. The van der Waals surface area contributed by atoms with E-state index in [1.54, 1.807) is 30.5 Å². The van der Waals surface area contributed by atoms with Crippen LogP contribution in [-0.4, -0.2) is 24.9 Å². The van der Waals surface area contributed by atoms with Gasteiger partial charge in [-0.1, -0.05) is 29.8 Å². The van der Waals surface area contributed by atoms with Gasteiger partial charge in [-0.15, -0.1) is 0 Å². The van der Waals surface area contributed by atoms with E-state index in [-0.39, 0.29) is 12.6 Å². The number of carbonyl (C=O) groups excluding carboxylic acids is 2. The molecule has 1 aliphatic rings. The lowest BCUT2D eigenvalue weighted by molar-refractivity contribution is -0.136. The van der Waals surface area contributed by atoms with Gasteiger partial charge in [-0.05, 0) is 54.4 Å². The van der Waals surface area contributed by atoms with Crippen molar-refractivity contribution < 1.29 is 14.0 Å². The Bertz CT molecular complexity index is 1000. The van der Waals surface area contributed by atoms with E-state index in [2.05, 4.69) is 27.7 Å². The largest absolute Gasteiger partial charge is 0.467 e.